The molecule has 1 aliphatic heterocycles. The molecular weight excluding hydrogens is 314 g/mol. The molecule has 3 rings (SSSR count). The molecule has 1 aromatic carbocycles. The molecule has 1 aliphatic rings. The van der Waals surface area contributed by atoms with Gasteiger partial charge in [0.25, 0.3) is 5.91 Å². The van der Waals surface area contributed by atoms with Crippen molar-refractivity contribution in [3.63, 3.8) is 0 Å². The van der Waals surface area contributed by atoms with Crippen LogP contribution in [0, 0.1) is 0 Å². The molecule has 0 bridgehead atoms. The monoisotopic (exact) mass is 339 g/mol. The Hall–Kier alpha value is -2.63. The number of rotatable bonds is 4. The van der Waals surface area contributed by atoms with E-state index in [4.69, 9.17) is 0 Å². The second kappa shape index (κ2) is 7.09. The first-order chi connectivity index (χ1) is 11.9. The highest BCUT2D eigenvalue weighted by molar-refractivity contribution is 6.02. The Morgan fingerprint density at radius 2 is 1.68 bits per heavy atom. The number of nitrogens with one attached hydrogen (secondary N) is 2. The molecule has 0 unspecified atom stereocenters. The van der Waals surface area contributed by atoms with E-state index in [1.807, 2.05) is 45.0 Å². The molecule has 6 heteroatoms. The first-order valence-corrected chi connectivity index (χ1v) is 8.69. The van der Waals surface area contributed by atoms with Gasteiger partial charge in [0.2, 0.25) is 0 Å². The largest absolute Gasteiger partial charge is 0.372 e. The third-order valence-electron chi connectivity index (χ3n) is 4.00. The Morgan fingerprint density at radius 1 is 1.00 bits per heavy atom. The maximum atomic E-state index is 12.3. The van der Waals surface area contributed by atoms with E-state index < -0.39 is 0 Å². The van der Waals surface area contributed by atoms with Gasteiger partial charge in [0.15, 0.2) is 5.69 Å². The van der Waals surface area contributed by atoms with Crippen molar-refractivity contribution >= 4 is 23.1 Å². The van der Waals surface area contributed by atoms with Crippen LogP contribution in [0.4, 0.5) is 17.2 Å². The van der Waals surface area contributed by atoms with Crippen LogP contribution >= 0.6 is 0 Å². The molecule has 0 saturated carbocycles. The van der Waals surface area contributed by atoms with Crippen LogP contribution in [0.3, 0.4) is 0 Å². The Bertz CT molecular complexity index is 713. The van der Waals surface area contributed by atoms with Crippen LogP contribution in [0.2, 0.25) is 0 Å². The molecule has 0 spiro atoms. The molecule has 1 saturated heterocycles. The zero-order valence-corrected chi connectivity index (χ0v) is 15.0. The number of amides is 1. The van der Waals surface area contributed by atoms with Crippen LogP contribution in [0.25, 0.3) is 0 Å². The van der Waals surface area contributed by atoms with Crippen LogP contribution < -0.4 is 15.5 Å². The smallest absolute Gasteiger partial charge is 0.276 e. The standard InChI is InChI=1S/C19H25N5O/c1-19(2,3)21-17-11-10-16(22-23-17)18(25)20-14-6-8-15(9-7-14)24-12-4-5-13-24/h6-11H,4-5,12-13H2,1-3H3,(H,20,25)(H,21,23). The Kier molecular flexibility index (Phi) is 4.88. The maximum Gasteiger partial charge on any atom is 0.276 e. The molecule has 0 radical (unpaired) electrons. The summed E-state index contributed by atoms with van der Waals surface area (Å²) in [6.07, 6.45) is 2.49. The molecule has 0 atom stereocenters. The summed E-state index contributed by atoms with van der Waals surface area (Å²) in [5, 5.41) is 14.2. The summed E-state index contributed by atoms with van der Waals surface area (Å²) >= 11 is 0. The number of hydrogen-bond acceptors (Lipinski definition) is 5. The van der Waals surface area contributed by atoms with Gasteiger partial charge in [0.05, 0.1) is 0 Å². The highest BCUT2D eigenvalue weighted by Gasteiger charge is 2.14. The van der Waals surface area contributed by atoms with Crippen molar-refractivity contribution < 1.29 is 4.79 Å². The summed E-state index contributed by atoms with van der Waals surface area (Å²) in [4.78, 5) is 14.7. The minimum absolute atomic E-state index is 0.102. The van der Waals surface area contributed by atoms with E-state index in [0.717, 1.165) is 18.8 Å². The summed E-state index contributed by atoms with van der Waals surface area (Å²) in [5.74, 6) is 0.391. The van der Waals surface area contributed by atoms with E-state index >= 15 is 0 Å². The normalized spacial score (nSPS) is 14.4. The van der Waals surface area contributed by atoms with Gasteiger partial charge in [-0.05, 0) is 70.0 Å². The zero-order chi connectivity index (χ0) is 17.9. The van der Waals surface area contributed by atoms with Gasteiger partial charge < -0.3 is 15.5 Å². The van der Waals surface area contributed by atoms with Crippen LogP contribution in [-0.4, -0.2) is 34.7 Å². The van der Waals surface area contributed by atoms with Crippen molar-refractivity contribution in [2.45, 2.75) is 39.2 Å². The summed E-state index contributed by atoms with van der Waals surface area (Å²) < 4.78 is 0. The van der Waals surface area contributed by atoms with E-state index in [2.05, 4.69) is 25.7 Å². The van der Waals surface area contributed by atoms with Gasteiger partial charge in [0.1, 0.15) is 5.82 Å². The molecule has 25 heavy (non-hydrogen) atoms. The van der Waals surface area contributed by atoms with Crippen molar-refractivity contribution in [3.8, 4) is 0 Å². The SMILES string of the molecule is CC(C)(C)Nc1ccc(C(=O)Nc2ccc(N3CCCC3)cc2)nn1. The van der Waals surface area contributed by atoms with Gasteiger partial charge in [-0.25, -0.2) is 0 Å². The van der Waals surface area contributed by atoms with Gasteiger partial charge in [-0.3, -0.25) is 4.79 Å². The van der Waals surface area contributed by atoms with Crippen LogP contribution in [-0.2, 0) is 0 Å². The summed E-state index contributed by atoms with van der Waals surface area (Å²) in [5.41, 5.74) is 2.15. The number of carbonyl (C=O) groups is 1. The van der Waals surface area contributed by atoms with Crippen molar-refractivity contribution in [1.82, 2.24) is 10.2 Å². The second-order valence-corrected chi connectivity index (χ2v) is 7.37. The van der Waals surface area contributed by atoms with Crippen LogP contribution in [0.15, 0.2) is 36.4 Å². The fourth-order valence-electron chi connectivity index (χ4n) is 2.83. The Balaban J connectivity index is 1.61. The third-order valence-corrected chi connectivity index (χ3v) is 4.00. The predicted molar refractivity (Wildman–Crippen MR) is 101 cm³/mol. The second-order valence-electron chi connectivity index (χ2n) is 7.37. The molecule has 132 valence electrons. The first kappa shape index (κ1) is 17.2. The Morgan fingerprint density at radius 3 is 2.24 bits per heavy atom. The summed E-state index contributed by atoms with van der Waals surface area (Å²) in [6, 6.07) is 11.4. The zero-order valence-electron chi connectivity index (χ0n) is 15.0. The van der Waals surface area contributed by atoms with Crippen LogP contribution in [0.1, 0.15) is 44.1 Å². The first-order valence-electron chi connectivity index (χ1n) is 8.69. The average molecular weight is 339 g/mol. The van der Waals surface area contributed by atoms with Crippen molar-refractivity contribution in [1.29, 1.82) is 0 Å². The molecule has 2 aromatic rings. The number of aromatic nitrogens is 2. The molecule has 1 fully saturated rings. The fourth-order valence-corrected chi connectivity index (χ4v) is 2.83. The lowest BCUT2D eigenvalue weighted by molar-refractivity contribution is 0.102. The Labute approximate surface area is 148 Å². The number of anilines is 3. The highest BCUT2D eigenvalue weighted by Crippen LogP contribution is 2.22. The quantitative estimate of drug-likeness (QED) is 0.891. The third kappa shape index (κ3) is 4.68. The van der Waals surface area contributed by atoms with Gasteiger partial charge in [-0.2, -0.15) is 0 Å². The number of hydrogen-bond donors (Lipinski definition) is 2. The lowest BCUT2D eigenvalue weighted by Crippen LogP contribution is -2.27. The molecule has 1 aromatic heterocycles. The fraction of sp³-hybridized carbons (Fsp3) is 0.421. The molecule has 6 nitrogen and oxygen atoms in total. The van der Waals surface area contributed by atoms with Gasteiger partial charge >= 0.3 is 0 Å². The van der Waals surface area contributed by atoms with E-state index in [1.165, 1.54) is 18.5 Å². The molecule has 1 amide bonds. The number of carbonyl (C=O) groups excluding carboxylic acids is 1. The molecule has 2 heterocycles. The molecule has 2 N–H and O–H groups in total. The van der Waals surface area contributed by atoms with Crippen LogP contribution in [0.5, 0.6) is 0 Å². The highest BCUT2D eigenvalue weighted by atomic mass is 16.1. The number of nitrogens with zero attached hydrogens (tertiary/aromatic N) is 3. The van der Waals surface area contributed by atoms with E-state index in [9.17, 15) is 4.79 Å². The average Bonchev–Trinajstić information content (AvgIpc) is 3.09. The minimum Gasteiger partial charge on any atom is -0.372 e. The molecular formula is C19H25N5O. The van der Waals surface area contributed by atoms with E-state index in [-0.39, 0.29) is 11.4 Å². The van der Waals surface area contributed by atoms with Gasteiger partial charge in [-0.1, -0.05) is 0 Å². The summed E-state index contributed by atoms with van der Waals surface area (Å²) in [7, 11) is 0. The predicted octanol–water partition coefficient (Wildman–Crippen LogP) is 3.54. The van der Waals surface area contributed by atoms with Gasteiger partial charge in [-0.15, -0.1) is 10.2 Å². The maximum absolute atomic E-state index is 12.3. The molecule has 0 aliphatic carbocycles. The minimum atomic E-state index is -0.260. The topological polar surface area (TPSA) is 70.2 Å². The van der Waals surface area contributed by atoms with Gasteiger partial charge in [0, 0.05) is 30.0 Å². The van der Waals surface area contributed by atoms with E-state index in [0.29, 0.717) is 11.5 Å². The number of benzene rings is 1. The lowest BCUT2D eigenvalue weighted by atomic mass is 10.1. The lowest BCUT2D eigenvalue weighted by Gasteiger charge is -2.20. The van der Waals surface area contributed by atoms with Crippen molar-refractivity contribution in [2.75, 3.05) is 28.6 Å². The van der Waals surface area contributed by atoms with E-state index in [1.54, 1.807) is 12.1 Å². The van der Waals surface area contributed by atoms with Crippen molar-refractivity contribution in [2.24, 2.45) is 0 Å². The van der Waals surface area contributed by atoms with Crippen molar-refractivity contribution in [3.05, 3.63) is 42.1 Å². The summed E-state index contributed by atoms with van der Waals surface area (Å²) in [6.45, 7) is 8.34.